The highest BCUT2D eigenvalue weighted by Gasteiger charge is 2.20. The number of carboxylic acid groups (broad SMARTS) is 1. The molecule has 0 aliphatic rings. The predicted octanol–water partition coefficient (Wildman–Crippen LogP) is 0.0850. The fourth-order valence-corrected chi connectivity index (χ4v) is 0.951. The van der Waals surface area contributed by atoms with Gasteiger partial charge in [0.1, 0.15) is 0 Å². The zero-order valence-electron chi connectivity index (χ0n) is 7.17. The number of hydrogen-bond acceptors (Lipinski definition) is 4. The highest BCUT2D eigenvalue weighted by atomic mass is 16.5. The van der Waals surface area contributed by atoms with E-state index in [9.17, 15) is 4.79 Å². The molecule has 0 aliphatic heterocycles. The van der Waals surface area contributed by atoms with Gasteiger partial charge in [-0.15, -0.1) is 0 Å². The Morgan fingerprint density at radius 3 is 3.00 bits per heavy atom. The van der Waals surface area contributed by atoms with Gasteiger partial charge in [0.2, 0.25) is 12.2 Å². The van der Waals surface area contributed by atoms with E-state index >= 15 is 0 Å². The van der Waals surface area contributed by atoms with Crippen molar-refractivity contribution in [1.29, 1.82) is 0 Å². The number of carbonyl (C=O) groups is 1. The van der Waals surface area contributed by atoms with E-state index in [0.29, 0.717) is 6.61 Å². The molecular formula is C7H11N3O3. The first-order valence-electron chi connectivity index (χ1n) is 3.79. The van der Waals surface area contributed by atoms with Gasteiger partial charge in [-0.25, -0.2) is 9.78 Å². The molecular weight excluding hydrogens is 174 g/mol. The van der Waals surface area contributed by atoms with Crippen molar-refractivity contribution in [1.82, 2.24) is 9.55 Å². The molecule has 1 aromatic rings. The molecule has 0 fully saturated rings. The van der Waals surface area contributed by atoms with Gasteiger partial charge >= 0.3 is 5.97 Å². The summed E-state index contributed by atoms with van der Waals surface area (Å²) in [6, 6.07) is 0. The first-order chi connectivity index (χ1) is 6.16. The lowest BCUT2D eigenvalue weighted by atomic mass is 10.5. The standard InChI is InChI=1S/C7H11N3O3/c1-2-13-5(6(11)12)10-4-3-9-7(10)8/h3-5H,2H2,1H3,(H2,8,9)(H,11,12). The van der Waals surface area contributed by atoms with Crippen molar-refractivity contribution in [3.63, 3.8) is 0 Å². The lowest BCUT2D eigenvalue weighted by Crippen LogP contribution is -2.22. The van der Waals surface area contributed by atoms with Crippen LogP contribution >= 0.6 is 0 Å². The van der Waals surface area contributed by atoms with E-state index in [2.05, 4.69) is 4.98 Å². The van der Waals surface area contributed by atoms with Gasteiger partial charge in [0.15, 0.2) is 0 Å². The number of aliphatic carboxylic acids is 1. The molecule has 0 saturated heterocycles. The number of anilines is 1. The van der Waals surface area contributed by atoms with E-state index in [1.165, 1.54) is 17.0 Å². The summed E-state index contributed by atoms with van der Waals surface area (Å²) >= 11 is 0. The van der Waals surface area contributed by atoms with Gasteiger partial charge < -0.3 is 15.6 Å². The van der Waals surface area contributed by atoms with E-state index < -0.39 is 12.2 Å². The number of rotatable bonds is 4. The van der Waals surface area contributed by atoms with E-state index in [-0.39, 0.29) is 5.95 Å². The maximum atomic E-state index is 10.7. The molecule has 0 aromatic carbocycles. The summed E-state index contributed by atoms with van der Waals surface area (Å²) in [7, 11) is 0. The lowest BCUT2D eigenvalue weighted by molar-refractivity contribution is -0.156. The molecule has 6 nitrogen and oxygen atoms in total. The fourth-order valence-electron chi connectivity index (χ4n) is 0.951. The zero-order chi connectivity index (χ0) is 9.84. The molecule has 1 heterocycles. The minimum Gasteiger partial charge on any atom is -0.478 e. The predicted molar refractivity (Wildman–Crippen MR) is 44.9 cm³/mol. The van der Waals surface area contributed by atoms with Gasteiger partial charge in [0.05, 0.1) is 0 Å². The topological polar surface area (TPSA) is 90.4 Å². The molecule has 3 N–H and O–H groups in total. The Morgan fingerprint density at radius 1 is 1.92 bits per heavy atom. The summed E-state index contributed by atoms with van der Waals surface area (Å²) in [5, 5.41) is 8.77. The quantitative estimate of drug-likeness (QED) is 0.693. The molecule has 1 atom stereocenters. The Kier molecular flexibility index (Phi) is 2.86. The molecule has 0 spiro atoms. The summed E-state index contributed by atoms with van der Waals surface area (Å²) in [6.07, 6.45) is 1.79. The second kappa shape index (κ2) is 3.90. The number of nitrogens with two attached hydrogens (primary N) is 1. The monoisotopic (exact) mass is 185 g/mol. The molecule has 6 heteroatoms. The molecule has 1 unspecified atom stereocenters. The molecule has 0 saturated carbocycles. The highest BCUT2D eigenvalue weighted by molar-refractivity contribution is 5.70. The van der Waals surface area contributed by atoms with Gasteiger partial charge in [0, 0.05) is 19.0 Å². The number of nitrogens with zero attached hydrogens (tertiary/aromatic N) is 2. The number of aromatic nitrogens is 2. The third-order valence-corrected chi connectivity index (χ3v) is 1.49. The van der Waals surface area contributed by atoms with Gasteiger partial charge in [-0.05, 0) is 6.92 Å². The average Bonchev–Trinajstić information content (AvgIpc) is 2.47. The number of hydrogen-bond donors (Lipinski definition) is 2. The molecule has 1 rings (SSSR count). The van der Waals surface area contributed by atoms with Crippen molar-refractivity contribution in [2.24, 2.45) is 0 Å². The van der Waals surface area contributed by atoms with Crippen LogP contribution in [0.5, 0.6) is 0 Å². The SMILES string of the molecule is CCOC(C(=O)O)n1ccnc1N. The van der Waals surface area contributed by atoms with Crippen molar-refractivity contribution in [2.75, 3.05) is 12.3 Å². The second-order valence-electron chi connectivity index (χ2n) is 2.34. The first-order valence-corrected chi connectivity index (χ1v) is 3.79. The van der Waals surface area contributed by atoms with Crippen LogP contribution in [-0.4, -0.2) is 27.2 Å². The summed E-state index contributed by atoms with van der Waals surface area (Å²) < 4.78 is 6.23. The van der Waals surface area contributed by atoms with Crippen molar-refractivity contribution in [3.05, 3.63) is 12.4 Å². The summed E-state index contributed by atoms with van der Waals surface area (Å²) in [5.41, 5.74) is 5.42. The van der Waals surface area contributed by atoms with Crippen LogP contribution in [0.1, 0.15) is 13.2 Å². The van der Waals surface area contributed by atoms with Crippen molar-refractivity contribution < 1.29 is 14.6 Å². The van der Waals surface area contributed by atoms with Crippen molar-refractivity contribution >= 4 is 11.9 Å². The van der Waals surface area contributed by atoms with Crippen LogP contribution in [0, 0.1) is 0 Å². The van der Waals surface area contributed by atoms with E-state index in [0.717, 1.165) is 0 Å². The normalized spacial score (nSPS) is 12.7. The van der Waals surface area contributed by atoms with Crippen LogP contribution in [0.15, 0.2) is 12.4 Å². The van der Waals surface area contributed by atoms with E-state index in [1.54, 1.807) is 6.92 Å². The third-order valence-electron chi connectivity index (χ3n) is 1.49. The summed E-state index contributed by atoms with van der Waals surface area (Å²) in [4.78, 5) is 14.4. The number of imidazole rings is 1. The molecule has 0 aliphatic carbocycles. The maximum absolute atomic E-state index is 10.7. The van der Waals surface area contributed by atoms with Gasteiger partial charge in [-0.2, -0.15) is 0 Å². The largest absolute Gasteiger partial charge is 0.478 e. The van der Waals surface area contributed by atoms with E-state index in [1.807, 2.05) is 0 Å². The van der Waals surface area contributed by atoms with Crippen LogP contribution < -0.4 is 5.73 Å². The smallest absolute Gasteiger partial charge is 0.354 e. The Morgan fingerprint density at radius 2 is 2.62 bits per heavy atom. The van der Waals surface area contributed by atoms with Crippen molar-refractivity contribution in [2.45, 2.75) is 13.2 Å². The fraction of sp³-hybridized carbons (Fsp3) is 0.429. The average molecular weight is 185 g/mol. The molecule has 0 bridgehead atoms. The van der Waals surface area contributed by atoms with Crippen LogP contribution in [-0.2, 0) is 9.53 Å². The molecule has 13 heavy (non-hydrogen) atoms. The van der Waals surface area contributed by atoms with Crippen molar-refractivity contribution in [3.8, 4) is 0 Å². The number of carboxylic acids is 1. The minimum atomic E-state index is -1.09. The lowest BCUT2D eigenvalue weighted by Gasteiger charge is -2.14. The molecule has 1 aromatic heterocycles. The highest BCUT2D eigenvalue weighted by Crippen LogP contribution is 2.12. The van der Waals surface area contributed by atoms with E-state index in [4.69, 9.17) is 15.6 Å². The second-order valence-corrected chi connectivity index (χ2v) is 2.34. The van der Waals surface area contributed by atoms with Crippen LogP contribution in [0.4, 0.5) is 5.95 Å². The minimum absolute atomic E-state index is 0.126. The van der Waals surface area contributed by atoms with Crippen LogP contribution in [0.2, 0.25) is 0 Å². The molecule has 72 valence electrons. The Labute approximate surface area is 74.9 Å². The first kappa shape index (κ1) is 9.53. The Balaban J connectivity index is 2.88. The maximum Gasteiger partial charge on any atom is 0.354 e. The molecule has 0 radical (unpaired) electrons. The summed E-state index contributed by atoms with van der Waals surface area (Å²) in [5.74, 6) is -0.965. The van der Waals surface area contributed by atoms with Crippen LogP contribution in [0.25, 0.3) is 0 Å². The van der Waals surface area contributed by atoms with Gasteiger partial charge in [0.25, 0.3) is 0 Å². The Bertz CT molecular complexity index is 297. The van der Waals surface area contributed by atoms with Gasteiger partial charge in [-0.3, -0.25) is 4.57 Å². The Hall–Kier alpha value is -1.56. The zero-order valence-corrected chi connectivity index (χ0v) is 7.17. The summed E-state index contributed by atoms with van der Waals surface area (Å²) in [6.45, 7) is 2.01. The number of ether oxygens (including phenoxy) is 1. The third kappa shape index (κ3) is 1.97. The van der Waals surface area contributed by atoms with Crippen LogP contribution in [0.3, 0.4) is 0 Å². The number of nitrogen functional groups attached to an aromatic ring is 1. The molecule has 0 amide bonds. The van der Waals surface area contributed by atoms with Gasteiger partial charge in [-0.1, -0.05) is 0 Å².